The number of para-hydroxylation sites is 4. The Morgan fingerprint density at radius 3 is 1.05 bits per heavy atom. The minimum Gasteiger partial charge on any atom is -0.281 e. The average Bonchev–Trinajstić information content (AvgIpc) is 2.98. The lowest BCUT2D eigenvalue weighted by Gasteiger charge is -2.30. The van der Waals surface area contributed by atoms with Crippen LogP contribution in [0.4, 0.5) is 22.7 Å². The Labute approximate surface area is 253 Å². The number of anilines is 4. The van der Waals surface area contributed by atoms with Crippen LogP contribution in [0.1, 0.15) is 79.4 Å². The number of nitrogens with zero attached hydrogens (tertiary/aromatic N) is 2. The van der Waals surface area contributed by atoms with E-state index >= 15 is 0 Å². The highest BCUT2D eigenvalue weighted by atomic mass is 16.2. The van der Waals surface area contributed by atoms with Crippen LogP contribution < -0.4 is 9.80 Å². The number of hydrogen-bond donors (Lipinski definition) is 0. The van der Waals surface area contributed by atoms with Gasteiger partial charge in [0, 0.05) is 24.2 Å². The molecule has 0 saturated heterocycles. The van der Waals surface area contributed by atoms with E-state index in [4.69, 9.17) is 0 Å². The van der Waals surface area contributed by atoms with E-state index in [-0.39, 0.29) is 22.6 Å². The summed E-state index contributed by atoms with van der Waals surface area (Å²) >= 11 is 0. The lowest BCUT2D eigenvalue weighted by Crippen LogP contribution is -2.28. The first-order valence-electron chi connectivity index (χ1n) is 14.8. The smallest absolute Gasteiger partial charge is 0.231 e. The van der Waals surface area contributed by atoms with E-state index in [1.54, 1.807) is 0 Å². The van der Waals surface area contributed by atoms with Gasteiger partial charge in [0.05, 0.1) is 11.4 Å². The van der Waals surface area contributed by atoms with E-state index in [1.165, 1.54) is 11.1 Å². The molecule has 0 radical (unpaired) electrons. The summed E-state index contributed by atoms with van der Waals surface area (Å²) < 4.78 is 0. The molecular weight excluding hydrogens is 516 g/mol. The molecule has 0 unspecified atom stereocenters. The van der Waals surface area contributed by atoms with Gasteiger partial charge in [0.1, 0.15) is 0 Å². The molecule has 42 heavy (non-hydrogen) atoms. The van der Waals surface area contributed by atoms with Gasteiger partial charge in [0.25, 0.3) is 0 Å². The second kappa shape index (κ2) is 14.1. The Morgan fingerprint density at radius 1 is 0.476 bits per heavy atom. The number of benzene rings is 4. The Bertz CT molecular complexity index is 1330. The quantitative estimate of drug-likeness (QED) is 0.235. The molecule has 4 rings (SSSR count). The molecule has 4 heteroatoms. The van der Waals surface area contributed by atoms with Crippen molar-refractivity contribution in [2.24, 2.45) is 0 Å². The summed E-state index contributed by atoms with van der Waals surface area (Å²) in [4.78, 5) is 28.7. The number of hydrogen-bond acceptors (Lipinski definition) is 2. The van der Waals surface area contributed by atoms with E-state index in [1.807, 2.05) is 121 Å². The van der Waals surface area contributed by atoms with Crippen molar-refractivity contribution in [3.63, 3.8) is 0 Å². The van der Waals surface area contributed by atoms with Gasteiger partial charge in [-0.2, -0.15) is 0 Å². The molecule has 0 aliphatic heterocycles. The minimum absolute atomic E-state index is 0.0162. The predicted molar refractivity (Wildman–Crippen MR) is 178 cm³/mol. The summed E-state index contributed by atoms with van der Waals surface area (Å²) in [6.07, 6.45) is 0.959. The van der Waals surface area contributed by atoms with Crippen molar-refractivity contribution in [3.05, 3.63) is 120 Å². The number of carbonyl (C=O) groups is 2. The summed E-state index contributed by atoms with van der Waals surface area (Å²) in [5, 5.41) is 0. The van der Waals surface area contributed by atoms with Gasteiger partial charge in [-0.15, -0.1) is 0 Å². The highest BCUT2D eigenvalue weighted by Gasteiger charge is 2.26. The summed E-state index contributed by atoms with van der Waals surface area (Å²) in [6, 6.07) is 36.0. The SMILES string of the molecule is CCC(=O)N(c1ccccc1)c1ccccc1C(C)(C)C.CCC(=O)N(c1ccccc1)c1ccccc1C(C)(C)C. The number of amides is 2. The summed E-state index contributed by atoms with van der Waals surface area (Å²) in [6.45, 7) is 16.8. The van der Waals surface area contributed by atoms with Gasteiger partial charge in [-0.3, -0.25) is 19.4 Å². The Morgan fingerprint density at radius 2 is 0.762 bits per heavy atom. The van der Waals surface area contributed by atoms with Crippen molar-refractivity contribution in [3.8, 4) is 0 Å². The van der Waals surface area contributed by atoms with Crippen molar-refractivity contribution in [1.82, 2.24) is 0 Å². The zero-order valence-electron chi connectivity index (χ0n) is 26.5. The molecule has 0 spiro atoms. The summed E-state index contributed by atoms with van der Waals surface area (Å²) in [5.41, 5.74) is 6.11. The molecule has 0 aliphatic carbocycles. The second-order valence-corrected chi connectivity index (χ2v) is 12.4. The van der Waals surface area contributed by atoms with Gasteiger partial charge >= 0.3 is 0 Å². The fraction of sp³-hybridized carbons (Fsp3) is 0.316. The highest BCUT2D eigenvalue weighted by Crippen LogP contribution is 2.37. The minimum atomic E-state index is -0.0162. The van der Waals surface area contributed by atoms with Crippen LogP contribution in [0.15, 0.2) is 109 Å². The fourth-order valence-corrected chi connectivity index (χ4v) is 4.91. The largest absolute Gasteiger partial charge is 0.281 e. The van der Waals surface area contributed by atoms with Crippen molar-refractivity contribution in [1.29, 1.82) is 0 Å². The van der Waals surface area contributed by atoms with E-state index in [9.17, 15) is 9.59 Å². The predicted octanol–water partition coefficient (Wildman–Crippen LogP) is 10.1. The van der Waals surface area contributed by atoms with Crippen molar-refractivity contribution in [2.45, 2.75) is 79.1 Å². The molecule has 0 saturated carbocycles. The molecule has 220 valence electrons. The van der Waals surface area contributed by atoms with Crippen LogP contribution in [0.5, 0.6) is 0 Å². The molecule has 0 bridgehead atoms. The van der Waals surface area contributed by atoms with Gasteiger partial charge in [-0.1, -0.05) is 128 Å². The lowest BCUT2D eigenvalue weighted by atomic mass is 9.85. The highest BCUT2D eigenvalue weighted by molar-refractivity contribution is 6.02. The molecule has 0 heterocycles. The van der Waals surface area contributed by atoms with E-state index in [2.05, 4.69) is 53.7 Å². The Balaban J connectivity index is 0.000000230. The van der Waals surface area contributed by atoms with Crippen LogP contribution in [0.2, 0.25) is 0 Å². The first-order chi connectivity index (χ1) is 19.9. The van der Waals surface area contributed by atoms with Gasteiger partial charge in [-0.25, -0.2) is 0 Å². The first-order valence-corrected chi connectivity index (χ1v) is 14.8. The van der Waals surface area contributed by atoms with Crippen LogP contribution in [0.3, 0.4) is 0 Å². The molecule has 0 fully saturated rings. The van der Waals surface area contributed by atoms with Crippen LogP contribution in [0.25, 0.3) is 0 Å². The standard InChI is InChI=1S/2C19H23NO/c2*1-5-18(21)20(15-11-7-6-8-12-15)17-14-10-9-13-16(17)19(2,3)4/h2*6-14H,5H2,1-4H3. The van der Waals surface area contributed by atoms with Crippen LogP contribution in [0, 0.1) is 0 Å². The molecule has 4 aromatic carbocycles. The molecule has 0 aromatic heterocycles. The normalized spacial score (nSPS) is 11.2. The van der Waals surface area contributed by atoms with Gasteiger partial charge in [-0.05, 0) is 58.4 Å². The van der Waals surface area contributed by atoms with Gasteiger partial charge in [0.15, 0.2) is 0 Å². The van der Waals surface area contributed by atoms with Crippen molar-refractivity contribution >= 4 is 34.6 Å². The summed E-state index contributed by atoms with van der Waals surface area (Å²) in [5.74, 6) is 0.218. The number of carbonyl (C=O) groups excluding carboxylic acids is 2. The monoisotopic (exact) mass is 562 g/mol. The molecule has 4 aromatic rings. The van der Waals surface area contributed by atoms with Crippen molar-refractivity contribution in [2.75, 3.05) is 9.80 Å². The third-order valence-electron chi connectivity index (χ3n) is 7.04. The van der Waals surface area contributed by atoms with E-state index in [0.717, 1.165) is 22.7 Å². The van der Waals surface area contributed by atoms with E-state index in [0.29, 0.717) is 12.8 Å². The molecule has 0 atom stereocenters. The Hall–Kier alpha value is -4.18. The molecule has 4 nitrogen and oxygen atoms in total. The zero-order chi connectivity index (χ0) is 30.9. The lowest BCUT2D eigenvalue weighted by molar-refractivity contribution is -0.118. The topological polar surface area (TPSA) is 40.6 Å². The molecular formula is C38H46N2O2. The third kappa shape index (κ3) is 7.97. The third-order valence-corrected chi connectivity index (χ3v) is 7.04. The Kier molecular flexibility index (Phi) is 10.9. The van der Waals surface area contributed by atoms with Gasteiger partial charge in [0.2, 0.25) is 11.8 Å². The molecule has 0 aliphatic rings. The maximum atomic E-state index is 12.5. The maximum Gasteiger partial charge on any atom is 0.231 e. The second-order valence-electron chi connectivity index (χ2n) is 12.4. The fourth-order valence-electron chi connectivity index (χ4n) is 4.91. The summed E-state index contributed by atoms with van der Waals surface area (Å²) in [7, 11) is 0. The maximum absolute atomic E-state index is 12.5. The van der Waals surface area contributed by atoms with E-state index < -0.39 is 0 Å². The van der Waals surface area contributed by atoms with Gasteiger partial charge < -0.3 is 0 Å². The number of rotatable bonds is 6. The zero-order valence-corrected chi connectivity index (χ0v) is 26.5. The first kappa shape index (κ1) is 32.3. The van der Waals surface area contributed by atoms with Crippen LogP contribution in [-0.2, 0) is 20.4 Å². The van der Waals surface area contributed by atoms with Crippen molar-refractivity contribution < 1.29 is 9.59 Å². The van der Waals surface area contributed by atoms with Crippen LogP contribution in [-0.4, -0.2) is 11.8 Å². The average molecular weight is 563 g/mol. The molecule has 0 N–H and O–H groups in total. The molecule has 2 amide bonds. The van der Waals surface area contributed by atoms with Crippen LogP contribution >= 0.6 is 0 Å².